The summed E-state index contributed by atoms with van der Waals surface area (Å²) < 4.78 is 0. The van der Waals surface area contributed by atoms with Crippen LogP contribution in [0.15, 0.2) is 59.6 Å². The van der Waals surface area contributed by atoms with E-state index >= 15 is 0 Å². The number of aliphatic imine (C=N–C) groups is 1. The number of rotatable bonds is 7. The maximum atomic E-state index is 12.7. The van der Waals surface area contributed by atoms with Gasteiger partial charge in [0.15, 0.2) is 0 Å². The summed E-state index contributed by atoms with van der Waals surface area (Å²) in [7, 11) is 0. The average molecular weight is 408 g/mol. The van der Waals surface area contributed by atoms with Crippen LogP contribution in [0.3, 0.4) is 0 Å². The van der Waals surface area contributed by atoms with Gasteiger partial charge in [0.2, 0.25) is 5.91 Å². The average Bonchev–Trinajstić information content (AvgIpc) is 2.75. The van der Waals surface area contributed by atoms with E-state index in [0.29, 0.717) is 12.3 Å². The van der Waals surface area contributed by atoms with Crippen LogP contribution in [0.25, 0.3) is 0 Å². The lowest BCUT2D eigenvalue weighted by molar-refractivity contribution is -0.119. The summed E-state index contributed by atoms with van der Waals surface area (Å²) in [5.74, 6) is 0.638. The number of carbonyl (C=O) groups is 1. The second-order valence-corrected chi connectivity index (χ2v) is 7.89. The number of carbonyl (C=O) groups excluding carboxylic acids is 1. The van der Waals surface area contributed by atoms with Gasteiger partial charge in [0, 0.05) is 37.8 Å². The third-order valence-electron chi connectivity index (χ3n) is 5.71. The second kappa shape index (κ2) is 10.4. The first-order chi connectivity index (χ1) is 14.1. The van der Waals surface area contributed by atoms with Gasteiger partial charge >= 0.3 is 0 Å². The zero-order valence-corrected chi connectivity index (χ0v) is 18.1. The molecule has 0 bridgehead atoms. The molecular formula is C24H29N3OS. The van der Waals surface area contributed by atoms with Crippen molar-refractivity contribution < 1.29 is 4.79 Å². The summed E-state index contributed by atoms with van der Waals surface area (Å²) in [6.45, 7) is 7.27. The first-order valence-electron chi connectivity index (χ1n) is 10.4. The summed E-state index contributed by atoms with van der Waals surface area (Å²) in [5, 5.41) is 2.40. The Morgan fingerprint density at radius 3 is 2.55 bits per heavy atom. The van der Waals surface area contributed by atoms with Crippen LogP contribution in [0.2, 0.25) is 0 Å². The molecule has 3 rings (SSSR count). The van der Waals surface area contributed by atoms with Crippen LogP contribution in [0.4, 0.5) is 11.4 Å². The molecule has 0 radical (unpaired) electrons. The maximum Gasteiger partial charge on any atom is 0.226 e. The van der Waals surface area contributed by atoms with E-state index in [1.165, 1.54) is 5.56 Å². The van der Waals surface area contributed by atoms with Crippen molar-refractivity contribution in [3.63, 3.8) is 0 Å². The van der Waals surface area contributed by atoms with Gasteiger partial charge in [-0.05, 0) is 60.8 Å². The predicted octanol–water partition coefficient (Wildman–Crippen LogP) is 5.12. The van der Waals surface area contributed by atoms with Gasteiger partial charge in [0.05, 0.1) is 10.8 Å². The minimum Gasteiger partial charge on any atom is -0.309 e. The minimum absolute atomic E-state index is 0.209. The van der Waals surface area contributed by atoms with E-state index in [-0.39, 0.29) is 11.9 Å². The van der Waals surface area contributed by atoms with E-state index in [4.69, 9.17) is 0 Å². The van der Waals surface area contributed by atoms with Crippen LogP contribution < -0.4 is 4.90 Å². The van der Waals surface area contributed by atoms with Crippen molar-refractivity contribution in [3.8, 4) is 0 Å². The van der Waals surface area contributed by atoms with Crippen molar-refractivity contribution in [1.82, 2.24) is 4.90 Å². The Morgan fingerprint density at radius 1 is 1.21 bits per heavy atom. The number of piperidine rings is 1. The lowest BCUT2D eigenvalue weighted by Crippen LogP contribution is -2.52. The second-order valence-electron chi connectivity index (χ2n) is 7.71. The maximum absolute atomic E-state index is 12.7. The van der Waals surface area contributed by atoms with Crippen molar-refractivity contribution in [1.29, 1.82) is 0 Å². The Hall–Kier alpha value is -2.33. The normalized spacial score (nSPS) is 19.4. The lowest BCUT2D eigenvalue weighted by atomic mass is 9.91. The van der Waals surface area contributed by atoms with Gasteiger partial charge in [-0.1, -0.05) is 44.2 Å². The molecule has 0 N–H and O–H groups in total. The topological polar surface area (TPSA) is 35.9 Å². The first-order valence-corrected chi connectivity index (χ1v) is 10.8. The van der Waals surface area contributed by atoms with Crippen molar-refractivity contribution in [2.24, 2.45) is 10.9 Å². The molecule has 0 aromatic heterocycles. The summed E-state index contributed by atoms with van der Waals surface area (Å²) in [4.78, 5) is 21.3. The molecule has 152 valence electrons. The highest BCUT2D eigenvalue weighted by atomic mass is 32.1. The monoisotopic (exact) mass is 407 g/mol. The summed E-state index contributed by atoms with van der Waals surface area (Å²) in [5.41, 5.74) is 3.17. The van der Waals surface area contributed by atoms with Gasteiger partial charge in [-0.2, -0.15) is 4.99 Å². The van der Waals surface area contributed by atoms with Crippen LogP contribution >= 0.6 is 12.2 Å². The molecule has 2 aromatic rings. The molecule has 1 saturated heterocycles. The zero-order chi connectivity index (χ0) is 20.6. The summed E-state index contributed by atoms with van der Waals surface area (Å²) in [6.07, 6.45) is 2.55. The SMILES string of the molecule is CCC(=O)N(c1ccccc1)C1CCN(CCc2ccc(N=C=S)cc2)CC1C. The first kappa shape index (κ1) is 21.4. The van der Waals surface area contributed by atoms with Gasteiger partial charge in [-0.15, -0.1) is 0 Å². The molecule has 29 heavy (non-hydrogen) atoms. The molecule has 0 saturated carbocycles. The molecular weight excluding hydrogens is 378 g/mol. The predicted molar refractivity (Wildman–Crippen MR) is 123 cm³/mol. The lowest BCUT2D eigenvalue weighted by Gasteiger charge is -2.42. The van der Waals surface area contributed by atoms with Crippen molar-refractivity contribution in [2.45, 2.75) is 39.2 Å². The summed E-state index contributed by atoms with van der Waals surface area (Å²) >= 11 is 4.65. The highest BCUT2D eigenvalue weighted by molar-refractivity contribution is 7.78. The third-order valence-corrected chi connectivity index (χ3v) is 5.80. The Morgan fingerprint density at radius 2 is 1.93 bits per heavy atom. The van der Waals surface area contributed by atoms with E-state index in [9.17, 15) is 4.79 Å². The Bertz CT molecular complexity index is 846. The molecule has 1 amide bonds. The Kier molecular flexibility index (Phi) is 7.70. The number of amides is 1. The van der Waals surface area contributed by atoms with Crippen LogP contribution in [0.1, 0.15) is 32.3 Å². The molecule has 4 nitrogen and oxygen atoms in total. The standard InChI is InChI=1S/C24H29N3OS/c1-3-24(28)27(22-7-5-4-6-8-22)23-14-16-26(17-19(23)2)15-13-20-9-11-21(12-10-20)25-18-29/h4-12,19,23H,3,13-17H2,1-2H3. The molecule has 1 heterocycles. The largest absolute Gasteiger partial charge is 0.309 e. The van der Waals surface area contributed by atoms with E-state index in [0.717, 1.165) is 43.9 Å². The number of likely N-dealkylation sites (tertiary alicyclic amines) is 1. The van der Waals surface area contributed by atoms with Crippen molar-refractivity contribution in [3.05, 3.63) is 60.2 Å². The molecule has 1 fully saturated rings. The molecule has 1 aliphatic heterocycles. The number of isothiocyanates is 1. The quantitative estimate of drug-likeness (QED) is 0.472. The van der Waals surface area contributed by atoms with E-state index in [2.05, 4.69) is 46.3 Å². The number of anilines is 1. The third kappa shape index (κ3) is 5.60. The van der Waals surface area contributed by atoms with Gasteiger partial charge < -0.3 is 9.80 Å². The number of nitrogens with zero attached hydrogens (tertiary/aromatic N) is 3. The van der Waals surface area contributed by atoms with Crippen LogP contribution in [-0.2, 0) is 11.2 Å². The molecule has 2 unspecified atom stereocenters. The van der Waals surface area contributed by atoms with E-state index in [1.807, 2.05) is 54.3 Å². The fourth-order valence-electron chi connectivity index (χ4n) is 4.16. The van der Waals surface area contributed by atoms with Gasteiger partial charge in [-0.3, -0.25) is 4.79 Å². The van der Waals surface area contributed by atoms with Crippen LogP contribution in [0.5, 0.6) is 0 Å². The number of para-hydroxylation sites is 1. The fraction of sp³-hybridized carbons (Fsp3) is 0.417. The highest BCUT2D eigenvalue weighted by Crippen LogP contribution is 2.28. The summed E-state index contributed by atoms with van der Waals surface area (Å²) in [6, 6.07) is 18.6. The molecule has 0 aliphatic carbocycles. The number of hydrogen-bond acceptors (Lipinski definition) is 4. The molecule has 5 heteroatoms. The Balaban J connectivity index is 1.60. The number of thiocarbonyl (C=S) groups is 1. The zero-order valence-electron chi connectivity index (χ0n) is 17.3. The van der Waals surface area contributed by atoms with Crippen LogP contribution in [0, 0.1) is 5.92 Å². The Labute approximate surface area is 179 Å². The molecule has 1 aliphatic rings. The molecule has 0 spiro atoms. The smallest absolute Gasteiger partial charge is 0.226 e. The van der Waals surface area contributed by atoms with Gasteiger partial charge in [0.1, 0.15) is 0 Å². The number of benzene rings is 2. The van der Waals surface area contributed by atoms with E-state index < -0.39 is 0 Å². The highest BCUT2D eigenvalue weighted by Gasteiger charge is 2.33. The van der Waals surface area contributed by atoms with Crippen molar-refractivity contribution in [2.75, 3.05) is 24.5 Å². The van der Waals surface area contributed by atoms with Crippen molar-refractivity contribution >= 4 is 34.7 Å². The van der Waals surface area contributed by atoms with Gasteiger partial charge in [0.25, 0.3) is 0 Å². The molecule has 2 aromatic carbocycles. The van der Waals surface area contributed by atoms with Gasteiger partial charge in [-0.25, -0.2) is 0 Å². The van der Waals surface area contributed by atoms with E-state index in [1.54, 1.807) is 0 Å². The van der Waals surface area contributed by atoms with Crippen LogP contribution in [-0.4, -0.2) is 41.6 Å². The fourth-order valence-corrected chi connectivity index (χ4v) is 4.27. The minimum atomic E-state index is 0.209. The number of hydrogen-bond donors (Lipinski definition) is 0. The molecule has 2 atom stereocenters.